The number of nitrogens with zero attached hydrogens (tertiary/aromatic N) is 9. The van der Waals surface area contributed by atoms with E-state index in [4.69, 9.17) is 14.7 Å². The van der Waals surface area contributed by atoms with Gasteiger partial charge in [-0.3, -0.25) is 14.6 Å². The largest absolute Gasteiger partial charge is 0.479 e. The zero-order valence-electron chi connectivity index (χ0n) is 26.7. The fourth-order valence-electron chi connectivity index (χ4n) is 5.77. The molecule has 1 aromatic carbocycles. The second-order valence-corrected chi connectivity index (χ2v) is 15.9. The van der Waals surface area contributed by atoms with Gasteiger partial charge in [-0.05, 0) is 74.4 Å². The van der Waals surface area contributed by atoms with Gasteiger partial charge in [0.25, 0.3) is 0 Å². The van der Waals surface area contributed by atoms with Crippen LogP contribution < -0.4 is 25.6 Å². The predicted molar refractivity (Wildman–Crippen MR) is 187 cm³/mol. The van der Waals surface area contributed by atoms with Crippen molar-refractivity contribution in [2.45, 2.75) is 18.9 Å². The lowest BCUT2D eigenvalue weighted by Gasteiger charge is -2.36. The Labute approximate surface area is 276 Å². The van der Waals surface area contributed by atoms with Crippen LogP contribution in [0.4, 0.5) is 29.0 Å². The second kappa shape index (κ2) is 12.9. The number of rotatable bonds is 9. The highest BCUT2D eigenvalue weighted by Crippen LogP contribution is 2.42. The van der Waals surface area contributed by atoms with Crippen molar-refractivity contribution in [1.82, 2.24) is 39.6 Å². The summed E-state index contributed by atoms with van der Waals surface area (Å²) in [6, 6.07) is 6.25. The fourth-order valence-corrected chi connectivity index (χ4v) is 7.45. The lowest BCUT2D eigenvalue weighted by atomic mass is 10.0. The van der Waals surface area contributed by atoms with E-state index < -0.39 is 7.14 Å². The molecule has 46 heavy (non-hydrogen) atoms. The molecule has 0 atom stereocenters. The van der Waals surface area contributed by atoms with E-state index in [2.05, 4.69) is 70.5 Å². The maximum absolute atomic E-state index is 13.4. The van der Waals surface area contributed by atoms with Gasteiger partial charge in [0.2, 0.25) is 11.8 Å². The zero-order chi connectivity index (χ0) is 32.6. The van der Waals surface area contributed by atoms with Crippen LogP contribution >= 0.6 is 23.1 Å². The highest BCUT2D eigenvalue weighted by atomic mass is 79.9. The average Bonchev–Trinajstić information content (AvgIpc) is 3.47. The number of piperidine rings is 1. The minimum atomic E-state index is -2.77. The van der Waals surface area contributed by atoms with Crippen molar-refractivity contribution in [1.29, 1.82) is 0 Å². The lowest BCUT2D eigenvalue weighted by Crippen LogP contribution is -2.42. The van der Waals surface area contributed by atoms with Gasteiger partial charge in [0.05, 0.1) is 34.3 Å². The topological polar surface area (TPSA) is 139 Å². The molecule has 0 unspecified atom stereocenters. The molecule has 6 rings (SSSR count). The molecule has 0 aliphatic carbocycles. The van der Waals surface area contributed by atoms with Gasteiger partial charge in [0.15, 0.2) is 0 Å². The molecule has 0 spiro atoms. The molecule has 2 N–H and O–H groups in total. The van der Waals surface area contributed by atoms with Crippen LogP contribution in [0.1, 0.15) is 12.8 Å². The van der Waals surface area contributed by atoms with Crippen molar-refractivity contribution < 1.29 is 9.30 Å². The van der Waals surface area contributed by atoms with Crippen LogP contribution in [-0.4, -0.2) is 93.3 Å². The summed E-state index contributed by atoms with van der Waals surface area (Å²) in [5.41, 5.74) is 4.38. The molecule has 13 nitrogen and oxygen atoms in total. The normalized spacial score (nSPS) is 14.2. The van der Waals surface area contributed by atoms with E-state index >= 15 is 0 Å². The molecule has 5 aromatic rings. The lowest BCUT2D eigenvalue weighted by molar-refractivity contribution is 0.249. The van der Waals surface area contributed by atoms with Gasteiger partial charge in [-0.25, -0.2) is 4.98 Å². The number of aromatic nitrogens is 7. The van der Waals surface area contributed by atoms with Gasteiger partial charge in [0, 0.05) is 62.1 Å². The van der Waals surface area contributed by atoms with Gasteiger partial charge < -0.3 is 29.7 Å². The fraction of sp³-hybridized carbons (Fsp3) is 0.355. The molecule has 1 fully saturated rings. The first kappa shape index (κ1) is 31.8. The molecule has 0 amide bonds. The summed E-state index contributed by atoms with van der Waals surface area (Å²) >= 11 is 3.57. The summed E-state index contributed by atoms with van der Waals surface area (Å²) in [5, 5.41) is 11.7. The number of halogens is 1. The Bertz CT molecular complexity index is 1940. The molecule has 5 heterocycles. The Morgan fingerprint density at radius 1 is 1.02 bits per heavy atom. The van der Waals surface area contributed by atoms with E-state index in [1.54, 1.807) is 43.7 Å². The SMILES string of the molecule is COc1nc(N2CCC(N(C)C)CC2)c(-c2cnn(C)c2)cc1Nc1ncc(Br)c(Nc2ccc3nccnc3c2P(C)(C)=O)n1. The van der Waals surface area contributed by atoms with Crippen LogP contribution in [0.15, 0.2) is 53.7 Å². The summed E-state index contributed by atoms with van der Waals surface area (Å²) in [4.78, 5) is 27.8. The minimum absolute atomic E-state index is 0.320. The molecule has 0 bridgehead atoms. The van der Waals surface area contributed by atoms with Crippen molar-refractivity contribution in [3.63, 3.8) is 0 Å². The average molecular weight is 707 g/mol. The molecule has 240 valence electrons. The van der Waals surface area contributed by atoms with Crippen LogP contribution in [0.3, 0.4) is 0 Å². The van der Waals surface area contributed by atoms with Gasteiger partial charge in [-0.15, -0.1) is 0 Å². The molecule has 0 saturated carbocycles. The van der Waals surface area contributed by atoms with Crippen molar-refractivity contribution in [2.75, 3.05) is 63.2 Å². The summed E-state index contributed by atoms with van der Waals surface area (Å²) in [6.07, 6.45) is 10.8. The number of anilines is 5. The summed E-state index contributed by atoms with van der Waals surface area (Å²) in [7, 11) is 5.01. The molecule has 0 radical (unpaired) electrons. The van der Waals surface area contributed by atoms with Gasteiger partial charge in [-0.1, -0.05) is 0 Å². The van der Waals surface area contributed by atoms with Crippen LogP contribution in [0.2, 0.25) is 0 Å². The number of pyridine rings is 1. The second-order valence-electron chi connectivity index (χ2n) is 11.9. The third-order valence-corrected chi connectivity index (χ3v) is 10.2. The van der Waals surface area contributed by atoms with Crippen LogP contribution in [-0.2, 0) is 11.6 Å². The number of ether oxygens (including phenoxy) is 1. The van der Waals surface area contributed by atoms with E-state index in [1.807, 2.05) is 37.6 Å². The summed E-state index contributed by atoms with van der Waals surface area (Å²) in [5.74, 6) is 2.07. The Hall–Kier alpha value is -4.13. The van der Waals surface area contributed by atoms with Gasteiger partial charge >= 0.3 is 0 Å². The van der Waals surface area contributed by atoms with Gasteiger partial charge in [-0.2, -0.15) is 15.1 Å². The first-order valence-electron chi connectivity index (χ1n) is 14.9. The monoisotopic (exact) mass is 705 g/mol. The van der Waals surface area contributed by atoms with Gasteiger partial charge in [0.1, 0.15) is 30.0 Å². The number of fused-ring (bicyclic) bond motifs is 1. The van der Waals surface area contributed by atoms with E-state index in [9.17, 15) is 4.57 Å². The smallest absolute Gasteiger partial charge is 0.239 e. The molecule has 1 aliphatic heterocycles. The van der Waals surface area contributed by atoms with Crippen LogP contribution in [0.25, 0.3) is 22.2 Å². The molecule has 15 heteroatoms. The molecular formula is C31H37BrN11O2P. The van der Waals surface area contributed by atoms with E-state index in [-0.39, 0.29) is 0 Å². The molecule has 1 saturated heterocycles. The maximum Gasteiger partial charge on any atom is 0.239 e. The molecule has 1 aliphatic rings. The first-order chi connectivity index (χ1) is 22.0. The third kappa shape index (κ3) is 6.55. The Morgan fingerprint density at radius 2 is 1.78 bits per heavy atom. The number of benzene rings is 1. The number of aryl methyl sites for hydroxylation is 1. The van der Waals surface area contributed by atoms with Crippen molar-refractivity contribution >= 4 is 68.4 Å². The predicted octanol–water partition coefficient (Wildman–Crippen LogP) is 5.25. The number of methoxy groups -OCH3 is 1. The van der Waals surface area contributed by atoms with Crippen LogP contribution in [0, 0.1) is 0 Å². The minimum Gasteiger partial charge on any atom is -0.479 e. The maximum atomic E-state index is 13.4. The molecular weight excluding hydrogens is 669 g/mol. The number of nitrogens with one attached hydrogen (secondary N) is 2. The van der Waals surface area contributed by atoms with Crippen molar-refractivity contribution in [3.8, 4) is 17.0 Å². The highest BCUT2D eigenvalue weighted by Gasteiger charge is 2.26. The van der Waals surface area contributed by atoms with Crippen LogP contribution in [0.5, 0.6) is 5.88 Å². The quantitative estimate of drug-likeness (QED) is 0.194. The Morgan fingerprint density at radius 3 is 2.46 bits per heavy atom. The number of hydrogen-bond donors (Lipinski definition) is 2. The van der Waals surface area contributed by atoms with E-state index in [0.29, 0.717) is 55.9 Å². The first-order valence-corrected chi connectivity index (χ1v) is 18.3. The molecule has 4 aromatic heterocycles. The summed E-state index contributed by atoms with van der Waals surface area (Å²) < 4.78 is 21.6. The Kier molecular flexibility index (Phi) is 8.95. The van der Waals surface area contributed by atoms with Crippen molar-refractivity contribution in [3.05, 3.63) is 53.7 Å². The number of hydrogen-bond acceptors (Lipinski definition) is 12. The Balaban J connectivity index is 1.36. The van der Waals surface area contributed by atoms with E-state index in [0.717, 1.165) is 42.9 Å². The van der Waals surface area contributed by atoms with Crippen molar-refractivity contribution in [2.24, 2.45) is 7.05 Å². The standard InChI is InChI=1S/C31H37BrN11O2P/c1-41(2)20-9-13-43(14-10-20)29-21(19-16-36-42(3)18-19)15-25(30(40-29)45-4)38-31-35-17-22(32)28(39-31)37-24-8-7-23-26(34-12-11-33-23)27(24)46(5,6)44/h7-8,11-12,15-18,20H,9-10,13-14H2,1-6H3,(H2,35,37,38,39). The van der Waals surface area contributed by atoms with E-state index in [1.165, 1.54) is 0 Å². The summed E-state index contributed by atoms with van der Waals surface area (Å²) in [6.45, 7) is 5.21. The third-order valence-electron chi connectivity index (χ3n) is 8.07. The highest BCUT2D eigenvalue weighted by molar-refractivity contribution is 9.10. The zero-order valence-corrected chi connectivity index (χ0v) is 29.2.